The molecule has 0 amide bonds. The molecular weight excluding hydrogens is 274 g/mol. The quantitative estimate of drug-likeness (QED) is 0.926. The van der Waals surface area contributed by atoms with Crippen molar-refractivity contribution in [2.45, 2.75) is 6.42 Å². The number of hydrogen-bond acceptors (Lipinski definition) is 1. The van der Waals surface area contributed by atoms with E-state index >= 15 is 0 Å². The zero-order valence-electron chi connectivity index (χ0n) is 9.66. The average Bonchev–Trinajstić information content (AvgIpc) is 2.31. The number of aliphatic carboxylic acids is 1. The Balaban J connectivity index is 2.51. The van der Waals surface area contributed by atoms with Crippen molar-refractivity contribution < 1.29 is 18.7 Å². The van der Waals surface area contributed by atoms with Crippen LogP contribution < -0.4 is 0 Å². The van der Waals surface area contributed by atoms with Gasteiger partial charge in [-0.1, -0.05) is 17.7 Å². The fraction of sp³-hybridized carbons (Fsp3) is 0.0714. The minimum Gasteiger partial charge on any atom is -0.481 e. The summed E-state index contributed by atoms with van der Waals surface area (Å²) in [6.45, 7) is 0. The number of carbonyl (C=O) groups is 1. The van der Waals surface area contributed by atoms with Gasteiger partial charge in [0.1, 0.15) is 11.6 Å². The molecule has 19 heavy (non-hydrogen) atoms. The molecule has 0 unspecified atom stereocenters. The van der Waals surface area contributed by atoms with Gasteiger partial charge in [-0.25, -0.2) is 8.78 Å². The minimum absolute atomic E-state index is 0.0212. The van der Waals surface area contributed by atoms with E-state index in [0.717, 1.165) is 12.1 Å². The van der Waals surface area contributed by atoms with Gasteiger partial charge in [0.25, 0.3) is 0 Å². The molecule has 2 aromatic rings. The normalized spacial score (nSPS) is 10.5. The van der Waals surface area contributed by atoms with Crippen molar-refractivity contribution in [3.8, 4) is 11.1 Å². The predicted molar refractivity (Wildman–Crippen MR) is 68.1 cm³/mol. The van der Waals surface area contributed by atoms with Crippen LogP contribution in [0.1, 0.15) is 5.56 Å². The van der Waals surface area contributed by atoms with E-state index in [9.17, 15) is 13.6 Å². The van der Waals surface area contributed by atoms with Crippen molar-refractivity contribution in [3.05, 3.63) is 58.6 Å². The summed E-state index contributed by atoms with van der Waals surface area (Å²) in [6, 6.07) is 7.71. The van der Waals surface area contributed by atoms with Gasteiger partial charge in [0.2, 0.25) is 0 Å². The molecule has 0 heterocycles. The highest BCUT2D eigenvalue weighted by molar-refractivity contribution is 6.30. The first kappa shape index (κ1) is 13.5. The molecule has 0 saturated heterocycles. The van der Waals surface area contributed by atoms with E-state index in [1.165, 1.54) is 24.3 Å². The van der Waals surface area contributed by atoms with E-state index in [2.05, 4.69) is 0 Å². The lowest BCUT2D eigenvalue weighted by Gasteiger charge is -2.07. The number of carboxylic acid groups (broad SMARTS) is 1. The second kappa shape index (κ2) is 5.36. The number of rotatable bonds is 3. The van der Waals surface area contributed by atoms with Gasteiger partial charge in [-0.05, 0) is 35.9 Å². The molecule has 5 heteroatoms. The molecule has 0 spiro atoms. The van der Waals surface area contributed by atoms with Crippen LogP contribution in [-0.2, 0) is 11.2 Å². The largest absolute Gasteiger partial charge is 0.481 e. The van der Waals surface area contributed by atoms with Crippen LogP contribution in [0.25, 0.3) is 11.1 Å². The van der Waals surface area contributed by atoms with Crippen LogP contribution in [-0.4, -0.2) is 11.1 Å². The summed E-state index contributed by atoms with van der Waals surface area (Å²) in [5.41, 5.74) is 0.473. The van der Waals surface area contributed by atoms with E-state index in [0.29, 0.717) is 5.56 Å². The highest BCUT2D eigenvalue weighted by atomic mass is 35.5. The Morgan fingerprint density at radius 1 is 1.05 bits per heavy atom. The molecule has 0 aromatic heterocycles. The molecule has 2 aromatic carbocycles. The van der Waals surface area contributed by atoms with E-state index < -0.39 is 17.6 Å². The first-order valence-electron chi connectivity index (χ1n) is 5.43. The number of carboxylic acids is 1. The van der Waals surface area contributed by atoms with Crippen molar-refractivity contribution in [2.75, 3.05) is 0 Å². The molecule has 0 radical (unpaired) electrons. The molecule has 0 saturated carbocycles. The highest BCUT2D eigenvalue weighted by Crippen LogP contribution is 2.28. The summed E-state index contributed by atoms with van der Waals surface area (Å²) in [4.78, 5) is 10.6. The lowest BCUT2D eigenvalue weighted by Crippen LogP contribution is -2.01. The zero-order chi connectivity index (χ0) is 14.0. The molecule has 0 fully saturated rings. The minimum atomic E-state index is -1.03. The summed E-state index contributed by atoms with van der Waals surface area (Å²) in [6.07, 6.45) is -0.248. The topological polar surface area (TPSA) is 37.3 Å². The van der Waals surface area contributed by atoms with Gasteiger partial charge in [0, 0.05) is 16.1 Å². The molecule has 98 valence electrons. The Bertz CT molecular complexity index is 641. The number of halogens is 3. The molecule has 0 atom stereocenters. The zero-order valence-corrected chi connectivity index (χ0v) is 10.4. The van der Waals surface area contributed by atoms with Crippen molar-refractivity contribution in [1.29, 1.82) is 0 Å². The maximum Gasteiger partial charge on any atom is 0.307 e. The lowest BCUT2D eigenvalue weighted by atomic mass is 10.0. The number of hydrogen-bond donors (Lipinski definition) is 1. The Kier molecular flexibility index (Phi) is 3.81. The molecule has 0 aliphatic heterocycles. The third kappa shape index (κ3) is 3.09. The predicted octanol–water partition coefficient (Wildman–Crippen LogP) is 3.91. The third-order valence-electron chi connectivity index (χ3n) is 2.61. The van der Waals surface area contributed by atoms with Gasteiger partial charge >= 0.3 is 5.97 Å². The fourth-order valence-corrected chi connectivity index (χ4v) is 1.93. The molecule has 0 aliphatic carbocycles. The Hall–Kier alpha value is -1.94. The second-order valence-corrected chi connectivity index (χ2v) is 4.45. The molecular formula is C14H9ClF2O2. The van der Waals surface area contributed by atoms with Gasteiger partial charge in [0.05, 0.1) is 6.42 Å². The molecule has 0 bridgehead atoms. The smallest absolute Gasteiger partial charge is 0.307 e. The van der Waals surface area contributed by atoms with Crippen molar-refractivity contribution in [1.82, 2.24) is 0 Å². The van der Waals surface area contributed by atoms with Gasteiger partial charge in [0.15, 0.2) is 0 Å². The van der Waals surface area contributed by atoms with Crippen LogP contribution in [0.5, 0.6) is 0 Å². The molecule has 2 nitrogen and oxygen atoms in total. The van der Waals surface area contributed by atoms with Gasteiger partial charge < -0.3 is 5.11 Å². The number of benzene rings is 2. The maximum absolute atomic E-state index is 13.7. The van der Waals surface area contributed by atoms with Crippen LogP contribution in [0.4, 0.5) is 8.78 Å². The van der Waals surface area contributed by atoms with Gasteiger partial charge in [-0.15, -0.1) is 0 Å². The summed E-state index contributed by atoms with van der Waals surface area (Å²) in [5.74, 6) is -2.30. The van der Waals surface area contributed by atoms with Crippen molar-refractivity contribution in [2.24, 2.45) is 0 Å². The van der Waals surface area contributed by atoms with Crippen LogP contribution in [0.2, 0.25) is 5.02 Å². The van der Waals surface area contributed by atoms with Gasteiger partial charge in [-0.2, -0.15) is 0 Å². The van der Waals surface area contributed by atoms with E-state index in [4.69, 9.17) is 16.7 Å². The standard InChI is InChI=1S/C14H9ClF2O2/c15-9-2-3-10(13(17)7-9)11-5-8(6-14(18)19)1-4-12(11)16/h1-5,7H,6H2,(H,18,19). The summed E-state index contributed by atoms with van der Waals surface area (Å²) >= 11 is 5.63. The average molecular weight is 283 g/mol. The summed E-state index contributed by atoms with van der Waals surface area (Å²) < 4.78 is 27.5. The van der Waals surface area contributed by atoms with Crippen LogP contribution in [0.15, 0.2) is 36.4 Å². The summed E-state index contributed by atoms with van der Waals surface area (Å²) in [5, 5.41) is 8.91. The molecule has 2 rings (SSSR count). The SMILES string of the molecule is O=C(O)Cc1ccc(F)c(-c2ccc(Cl)cc2F)c1. The highest BCUT2D eigenvalue weighted by Gasteiger charge is 2.12. The third-order valence-corrected chi connectivity index (χ3v) is 2.84. The first-order valence-corrected chi connectivity index (χ1v) is 5.81. The fourth-order valence-electron chi connectivity index (χ4n) is 1.77. The van der Waals surface area contributed by atoms with Crippen LogP contribution in [0, 0.1) is 11.6 Å². The second-order valence-electron chi connectivity index (χ2n) is 4.01. The van der Waals surface area contributed by atoms with Crippen molar-refractivity contribution >= 4 is 17.6 Å². The summed E-state index contributed by atoms with van der Waals surface area (Å²) in [7, 11) is 0. The first-order chi connectivity index (χ1) is 8.97. The van der Waals surface area contributed by atoms with Crippen LogP contribution in [0.3, 0.4) is 0 Å². The maximum atomic E-state index is 13.7. The Morgan fingerprint density at radius 3 is 2.42 bits per heavy atom. The molecule has 1 N–H and O–H groups in total. The van der Waals surface area contributed by atoms with Gasteiger partial charge in [-0.3, -0.25) is 4.79 Å². The van der Waals surface area contributed by atoms with Crippen molar-refractivity contribution in [3.63, 3.8) is 0 Å². The monoisotopic (exact) mass is 282 g/mol. The Labute approximate surface area is 113 Å². The lowest BCUT2D eigenvalue weighted by molar-refractivity contribution is -0.136. The van der Waals surface area contributed by atoms with E-state index in [1.807, 2.05) is 0 Å². The van der Waals surface area contributed by atoms with E-state index in [-0.39, 0.29) is 22.6 Å². The van der Waals surface area contributed by atoms with Crippen LogP contribution >= 0.6 is 11.6 Å². The molecule has 0 aliphatic rings. The Morgan fingerprint density at radius 2 is 1.79 bits per heavy atom. The van der Waals surface area contributed by atoms with E-state index in [1.54, 1.807) is 0 Å².